The van der Waals surface area contributed by atoms with Crippen molar-refractivity contribution >= 4 is 5.69 Å². The van der Waals surface area contributed by atoms with Crippen LogP contribution in [0.15, 0.2) is 55.5 Å². The van der Waals surface area contributed by atoms with E-state index in [2.05, 4.69) is 44.4 Å². The molecule has 0 saturated carbocycles. The molecule has 0 radical (unpaired) electrons. The molecule has 0 aliphatic rings. The van der Waals surface area contributed by atoms with Crippen molar-refractivity contribution in [2.45, 2.75) is 19.5 Å². The third-order valence-corrected chi connectivity index (χ3v) is 3.15. The Morgan fingerprint density at radius 1 is 1.24 bits per heavy atom. The molecule has 1 N–H and O–H groups in total. The average Bonchev–Trinajstić information content (AvgIpc) is 3.01. The summed E-state index contributed by atoms with van der Waals surface area (Å²) in [5.74, 6) is 0. The highest BCUT2D eigenvalue weighted by Crippen LogP contribution is 2.18. The van der Waals surface area contributed by atoms with Crippen molar-refractivity contribution in [3.05, 3.63) is 66.8 Å². The Morgan fingerprint density at radius 3 is 2.95 bits per heavy atom. The summed E-state index contributed by atoms with van der Waals surface area (Å²) >= 11 is 0. The zero-order valence-corrected chi connectivity index (χ0v) is 11.7. The lowest BCUT2D eigenvalue weighted by atomic mass is 10.1. The Bertz CT molecular complexity index is 680. The zero-order chi connectivity index (χ0) is 14.5. The lowest BCUT2D eigenvalue weighted by Gasteiger charge is -2.15. The van der Waals surface area contributed by atoms with Gasteiger partial charge in [0.05, 0.1) is 24.5 Å². The van der Waals surface area contributed by atoms with E-state index in [-0.39, 0.29) is 6.04 Å². The van der Waals surface area contributed by atoms with Gasteiger partial charge in [-0.05, 0) is 24.6 Å². The maximum Gasteiger partial charge on any atom is 0.137 e. The minimum atomic E-state index is 0.0975. The van der Waals surface area contributed by atoms with E-state index >= 15 is 0 Å². The largest absolute Gasteiger partial charge is 0.377 e. The summed E-state index contributed by atoms with van der Waals surface area (Å²) in [5, 5.41) is 7.55. The van der Waals surface area contributed by atoms with Gasteiger partial charge in [-0.2, -0.15) is 5.10 Å². The van der Waals surface area contributed by atoms with Crippen LogP contribution in [0.2, 0.25) is 0 Å². The smallest absolute Gasteiger partial charge is 0.137 e. The molecule has 1 atom stereocenters. The molecule has 2 heterocycles. The van der Waals surface area contributed by atoms with Gasteiger partial charge in [0.25, 0.3) is 0 Å². The first-order valence-electron chi connectivity index (χ1n) is 6.75. The van der Waals surface area contributed by atoms with E-state index in [0.29, 0.717) is 6.54 Å². The molecule has 0 aliphatic heterocycles. The second kappa shape index (κ2) is 6.13. The number of aromatic nitrogens is 5. The van der Waals surface area contributed by atoms with E-state index in [1.54, 1.807) is 29.6 Å². The van der Waals surface area contributed by atoms with Gasteiger partial charge >= 0.3 is 0 Å². The van der Waals surface area contributed by atoms with Crippen molar-refractivity contribution < 1.29 is 0 Å². The molecule has 0 aliphatic carbocycles. The highest BCUT2D eigenvalue weighted by Gasteiger charge is 2.07. The van der Waals surface area contributed by atoms with E-state index in [4.69, 9.17) is 0 Å². The molecular formula is C15H16N6. The monoisotopic (exact) mass is 280 g/mol. The van der Waals surface area contributed by atoms with Gasteiger partial charge in [-0.15, -0.1) is 0 Å². The summed E-state index contributed by atoms with van der Waals surface area (Å²) in [6.45, 7) is 2.77. The second-order valence-electron chi connectivity index (χ2n) is 4.79. The zero-order valence-electron chi connectivity index (χ0n) is 11.7. The SMILES string of the molecule is CC(Nc1cccc(Cn2cncn2)c1)c1cnccn1. The predicted molar refractivity (Wildman–Crippen MR) is 79.6 cm³/mol. The normalized spacial score (nSPS) is 12.0. The van der Waals surface area contributed by atoms with E-state index in [0.717, 1.165) is 16.9 Å². The molecular weight excluding hydrogens is 264 g/mol. The quantitative estimate of drug-likeness (QED) is 0.776. The summed E-state index contributed by atoms with van der Waals surface area (Å²) < 4.78 is 1.80. The molecule has 21 heavy (non-hydrogen) atoms. The number of nitrogens with zero attached hydrogens (tertiary/aromatic N) is 5. The van der Waals surface area contributed by atoms with E-state index < -0.39 is 0 Å². The molecule has 6 heteroatoms. The highest BCUT2D eigenvalue weighted by molar-refractivity contribution is 5.47. The molecule has 1 aromatic carbocycles. The highest BCUT2D eigenvalue weighted by atomic mass is 15.3. The van der Waals surface area contributed by atoms with Crippen molar-refractivity contribution in [2.75, 3.05) is 5.32 Å². The Hall–Kier alpha value is -2.76. The number of nitrogens with one attached hydrogen (secondary N) is 1. The lowest BCUT2D eigenvalue weighted by Crippen LogP contribution is -2.09. The molecule has 0 fully saturated rings. The van der Waals surface area contributed by atoms with Gasteiger partial charge in [-0.25, -0.2) is 9.67 Å². The van der Waals surface area contributed by atoms with Crippen LogP contribution in [0.4, 0.5) is 5.69 Å². The van der Waals surface area contributed by atoms with Crippen LogP contribution >= 0.6 is 0 Å². The number of anilines is 1. The van der Waals surface area contributed by atoms with Crippen molar-refractivity contribution in [1.82, 2.24) is 24.7 Å². The van der Waals surface area contributed by atoms with Gasteiger partial charge in [-0.1, -0.05) is 12.1 Å². The van der Waals surface area contributed by atoms with E-state index in [9.17, 15) is 0 Å². The summed E-state index contributed by atoms with van der Waals surface area (Å²) in [6.07, 6.45) is 8.40. The molecule has 3 rings (SSSR count). The molecule has 3 aromatic rings. The average molecular weight is 280 g/mol. The topological polar surface area (TPSA) is 68.5 Å². The van der Waals surface area contributed by atoms with Crippen LogP contribution in [0.5, 0.6) is 0 Å². The Morgan fingerprint density at radius 2 is 2.19 bits per heavy atom. The number of hydrogen-bond donors (Lipinski definition) is 1. The minimum Gasteiger partial charge on any atom is -0.377 e. The fraction of sp³-hybridized carbons (Fsp3) is 0.200. The van der Waals surface area contributed by atoms with Gasteiger partial charge in [0.2, 0.25) is 0 Å². The van der Waals surface area contributed by atoms with Gasteiger partial charge in [0.15, 0.2) is 0 Å². The van der Waals surface area contributed by atoms with Crippen LogP contribution in [0.3, 0.4) is 0 Å². The van der Waals surface area contributed by atoms with Crippen LogP contribution < -0.4 is 5.32 Å². The van der Waals surface area contributed by atoms with E-state index in [1.807, 2.05) is 12.1 Å². The van der Waals surface area contributed by atoms with Gasteiger partial charge in [0.1, 0.15) is 12.7 Å². The maximum absolute atomic E-state index is 4.31. The summed E-state index contributed by atoms with van der Waals surface area (Å²) in [4.78, 5) is 12.4. The molecule has 2 aromatic heterocycles. The molecule has 0 saturated heterocycles. The lowest BCUT2D eigenvalue weighted by molar-refractivity contribution is 0.685. The van der Waals surface area contributed by atoms with Crippen LogP contribution in [0, 0.1) is 0 Å². The van der Waals surface area contributed by atoms with E-state index in [1.165, 1.54) is 6.33 Å². The molecule has 0 spiro atoms. The van der Waals surface area contributed by atoms with Gasteiger partial charge < -0.3 is 5.32 Å². The number of benzene rings is 1. The predicted octanol–water partition coefficient (Wildman–Crippen LogP) is 2.29. The first-order chi connectivity index (χ1) is 10.3. The van der Waals surface area contributed by atoms with Gasteiger partial charge in [0, 0.05) is 18.1 Å². The first-order valence-corrected chi connectivity index (χ1v) is 6.75. The standard InChI is InChI=1S/C15H16N6/c1-12(15-8-16-5-6-18-15)20-14-4-2-3-13(7-14)9-21-11-17-10-19-21/h2-8,10-12,20H,9H2,1H3. The molecule has 6 nitrogen and oxygen atoms in total. The summed E-state index contributed by atoms with van der Waals surface area (Å²) in [6, 6.07) is 8.34. The number of rotatable bonds is 5. The first kappa shape index (κ1) is 13.2. The molecule has 106 valence electrons. The van der Waals surface area contributed by atoms with Crippen LogP contribution in [-0.2, 0) is 6.54 Å². The third kappa shape index (κ3) is 3.42. The van der Waals surface area contributed by atoms with Crippen molar-refractivity contribution in [3.63, 3.8) is 0 Å². The minimum absolute atomic E-state index is 0.0975. The molecule has 1 unspecified atom stereocenters. The second-order valence-corrected chi connectivity index (χ2v) is 4.79. The fourth-order valence-corrected chi connectivity index (χ4v) is 2.12. The maximum atomic E-state index is 4.31. The summed E-state index contributed by atoms with van der Waals surface area (Å²) in [5.41, 5.74) is 3.13. The fourth-order valence-electron chi connectivity index (χ4n) is 2.12. The van der Waals surface area contributed by atoms with Crippen LogP contribution in [0.25, 0.3) is 0 Å². The Balaban J connectivity index is 1.71. The molecule has 0 bridgehead atoms. The van der Waals surface area contributed by atoms with Crippen molar-refractivity contribution in [1.29, 1.82) is 0 Å². The summed E-state index contributed by atoms with van der Waals surface area (Å²) in [7, 11) is 0. The van der Waals surface area contributed by atoms with Gasteiger partial charge in [-0.3, -0.25) is 9.97 Å². The van der Waals surface area contributed by atoms with Crippen LogP contribution in [0.1, 0.15) is 24.2 Å². The Labute approximate surface area is 122 Å². The van der Waals surface area contributed by atoms with Crippen LogP contribution in [-0.4, -0.2) is 24.7 Å². The third-order valence-electron chi connectivity index (χ3n) is 3.15. The number of hydrogen-bond acceptors (Lipinski definition) is 5. The Kier molecular flexibility index (Phi) is 3.86. The van der Waals surface area contributed by atoms with Crippen molar-refractivity contribution in [3.8, 4) is 0 Å². The molecule has 0 amide bonds. The van der Waals surface area contributed by atoms with Crippen molar-refractivity contribution in [2.24, 2.45) is 0 Å².